The molecule has 1 aromatic carbocycles. The Morgan fingerprint density at radius 3 is 2.77 bits per heavy atom. The van der Waals surface area contributed by atoms with Crippen molar-refractivity contribution in [2.45, 2.75) is 33.6 Å². The highest BCUT2D eigenvalue weighted by molar-refractivity contribution is 7.18. The van der Waals surface area contributed by atoms with Gasteiger partial charge in [-0.05, 0) is 44.0 Å². The number of hydrogen-bond donors (Lipinski definition) is 1. The summed E-state index contributed by atoms with van der Waals surface area (Å²) < 4.78 is 5.01. The van der Waals surface area contributed by atoms with Gasteiger partial charge in [-0.25, -0.2) is 9.80 Å². The van der Waals surface area contributed by atoms with Crippen molar-refractivity contribution < 1.29 is 19.1 Å². The van der Waals surface area contributed by atoms with Crippen LogP contribution in [0, 0.1) is 25.2 Å². The number of hydrazone groups is 1. The van der Waals surface area contributed by atoms with Crippen LogP contribution in [0.5, 0.6) is 0 Å². The number of nitrogens with zero attached hydrogens (tertiary/aromatic N) is 3. The Morgan fingerprint density at radius 1 is 1.33 bits per heavy atom. The van der Waals surface area contributed by atoms with Gasteiger partial charge in [-0.3, -0.25) is 9.59 Å². The van der Waals surface area contributed by atoms with E-state index in [4.69, 9.17) is 4.74 Å². The molecule has 0 spiro atoms. The molecule has 0 radical (unpaired) electrons. The first-order valence-corrected chi connectivity index (χ1v) is 10.2. The molecular formula is C21H20N4O4S. The minimum Gasteiger partial charge on any atom is -0.462 e. The minimum atomic E-state index is -0.539. The number of thiophene rings is 1. The molecule has 1 aromatic heterocycles. The van der Waals surface area contributed by atoms with E-state index in [2.05, 4.69) is 10.4 Å². The maximum Gasteiger partial charge on any atom is 0.348 e. The number of esters is 1. The molecule has 0 saturated heterocycles. The fourth-order valence-corrected chi connectivity index (χ4v) is 4.03. The smallest absolute Gasteiger partial charge is 0.348 e. The number of hydrogen-bond acceptors (Lipinski definition) is 7. The Kier molecular flexibility index (Phi) is 6.28. The molecule has 0 atom stereocenters. The highest BCUT2D eigenvalue weighted by Gasteiger charge is 2.28. The summed E-state index contributed by atoms with van der Waals surface area (Å²) >= 11 is 0.986. The summed E-state index contributed by atoms with van der Waals surface area (Å²) in [7, 11) is 0. The van der Waals surface area contributed by atoms with E-state index in [9.17, 15) is 19.6 Å². The van der Waals surface area contributed by atoms with Crippen LogP contribution < -0.4 is 10.3 Å². The Labute approximate surface area is 177 Å². The van der Waals surface area contributed by atoms with Crippen LogP contribution in [-0.2, 0) is 14.3 Å². The predicted molar refractivity (Wildman–Crippen MR) is 114 cm³/mol. The molecule has 9 heteroatoms. The highest BCUT2D eigenvalue weighted by Crippen LogP contribution is 2.33. The van der Waals surface area contributed by atoms with Gasteiger partial charge in [-0.15, -0.1) is 11.3 Å². The van der Waals surface area contributed by atoms with Gasteiger partial charge in [0.2, 0.25) is 5.91 Å². The number of anilines is 2. The van der Waals surface area contributed by atoms with Gasteiger partial charge in [0.1, 0.15) is 21.7 Å². The molecule has 2 aromatic rings. The van der Waals surface area contributed by atoms with E-state index in [1.54, 1.807) is 19.9 Å². The number of amides is 2. The largest absolute Gasteiger partial charge is 0.462 e. The third-order valence-corrected chi connectivity index (χ3v) is 5.67. The summed E-state index contributed by atoms with van der Waals surface area (Å²) in [6, 6.07) is 9.29. The van der Waals surface area contributed by atoms with Crippen molar-refractivity contribution in [1.29, 1.82) is 5.26 Å². The van der Waals surface area contributed by atoms with E-state index in [1.807, 2.05) is 31.2 Å². The minimum absolute atomic E-state index is 0.142. The first-order chi connectivity index (χ1) is 14.3. The van der Waals surface area contributed by atoms with Crippen molar-refractivity contribution in [3.63, 3.8) is 0 Å². The second-order valence-electron chi connectivity index (χ2n) is 6.64. The second kappa shape index (κ2) is 8.88. The van der Waals surface area contributed by atoms with E-state index < -0.39 is 11.9 Å². The van der Waals surface area contributed by atoms with Gasteiger partial charge in [0.15, 0.2) is 0 Å². The third-order valence-electron chi connectivity index (χ3n) is 4.49. The van der Waals surface area contributed by atoms with Gasteiger partial charge in [-0.1, -0.05) is 12.1 Å². The summed E-state index contributed by atoms with van der Waals surface area (Å²) in [4.78, 5) is 37.5. The number of carbonyl (C=O) groups excluding carboxylic acids is 3. The summed E-state index contributed by atoms with van der Waals surface area (Å²) in [6.07, 6.45) is 0.326. The average molecular weight is 424 g/mol. The van der Waals surface area contributed by atoms with Crippen LogP contribution >= 0.6 is 11.3 Å². The second-order valence-corrected chi connectivity index (χ2v) is 7.66. The maximum atomic E-state index is 12.8. The zero-order valence-corrected chi connectivity index (χ0v) is 17.6. The van der Waals surface area contributed by atoms with Crippen molar-refractivity contribution in [3.8, 4) is 6.07 Å². The van der Waals surface area contributed by atoms with E-state index in [-0.39, 0.29) is 46.5 Å². The molecule has 0 saturated carbocycles. The Hall–Kier alpha value is -3.51. The van der Waals surface area contributed by atoms with Crippen LogP contribution in [0.25, 0.3) is 0 Å². The maximum absolute atomic E-state index is 12.8. The monoisotopic (exact) mass is 424 g/mol. The lowest BCUT2D eigenvalue weighted by atomic mass is 10.1. The van der Waals surface area contributed by atoms with Crippen LogP contribution in [0.2, 0.25) is 0 Å². The van der Waals surface area contributed by atoms with Gasteiger partial charge in [-0.2, -0.15) is 10.4 Å². The van der Waals surface area contributed by atoms with Crippen LogP contribution in [-0.4, -0.2) is 30.1 Å². The van der Waals surface area contributed by atoms with Crippen molar-refractivity contribution in [3.05, 3.63) is 45.8 Å². The van der Waals surface area contributed by atoms with E-state index in [1.165, 1.54) is 5.01 Å². The van der Waals surface area contributed by atoms with Gasteiger partial charge < -0.3 is 10.1 Å². The SMILES string of the molecule is CCOC(=O)c1sc(NC(=O)C2=NN(c3cccc(C)c3)C(=O)CC2)c(C#N)c1C. The summed E-state index contributed by atoms with van der Waals surface area (Å²) in [5.74, 6) is -1.26. The normalized spacial score (nSPS) is 13.5. The fraction of sp³-hybridized carbons (Fsp3) is 0.286. The summed E-state index contributed by atoms with van der Waals surface area (Å²) in [5, 5.41) is 17.9. The fourth-order valence-electron chi connectivity index (χ4n) is 2.98. The molecule has 30 heavy (non-hydrogen) atoms. The number of aryl methyl sites for hydroxylation is 1. The first-order valence-electron chi connectivity index (χ1n) is 9.34. The highest BCUT2D eigenvalue weighted by atomic mass is 32.1. The lowest BCUT2D eigenvalue weighted by Gasteiger charge is -2.23. The third kappa shape index (κ3) is 4.23. The molecular weight excluding hydrogens is 404 g/mol. The number of carbonyl (C=O) groups is 3. The van der Waals surface area contributed by atoms with Crippen molar-refractivity contribution in [2.24, 2.45) is 5.10 Å². The molecule has 2 heterocycles. The van der Waals surface area contributed by atoms with Crippen LogP contribution in [0.4, 0.5) is 10.7 Å². The van der Waals surface area contributed by atoms with Gasteiger partial charge in [0.05, 0.1) is 17.9 Å². The average Bonchev–Trinajstić information content (AvgIpc) is 3.03. The molecule has 1 aliphatic heterocycles. The molecule has 2 amide bonds. The van der Waals surface area contributed by atoms with Crippen LogP contribution in [0.15, 0.2) is 29.4 Å². The molecule has 0 bridgehead atoms. The Bertz CT molecular complexity index is 1100. The molecule has 0 unspecified atom stereocenters. The molecule has 3 rings (SSSR count). The number of nitriles is 1. The summed E-state index contributed by atoms with van der Waals surface area (Å²) in [6.45, 7) is 5.43. The number of benzene rings is 1. The van der Waals surface area contributed by atoms with E-state index in [0.29, 0.717) is 11.3 Å². The summed E-state index contributed by atoms with van der Waals surface area (Å²) in [5.41, 5.74) is 2.38. The lowest BCUT2D eigenvalue weighted by molar-refractivity contribution is -0.118. The van der Waals surface area contributed by atoms with E-state index >= 15 is 0 Å². The van der Waals surface area contributed by atoms with Gasteiger partial charge >= 0.3 is 5.97 Å². The van der Waals surface area contributed by atoms with Gasteiger partial charge in [0, 0.05) is 12.8 Å². The number of ether oxygens (including phenoxy) is 1. The van der Waals surface area contributed by atoms with Crippen molar-refractivity contribution in [2.75, 3.05) is 16.9 Å². The Morgan fingerprint density at radius 2 is 2.10 bits per heavy atom. The van der Waals surface area contributed by atoms with Gasteiger partial charge in [0.25, 0.3) is 5.91 Å². The zero-order valence-electron chi connectivity index (χ0n) is 16.8. The molecule has 8 nitrogen and oxygen atoms in total. The Balaban J connectivity index is 1.88. The lowest BCUT2D eigenvalue weighted by Crippen LogP contribution is -2.36. The molecule has 1 aliphatic rings. The van der Waals surface area contributed by atoms with Crippen molar-refractivity contribution >= 4 is 45.5 Å². The van der Waals surface area contributed by atoms with Crippen LogP contribution in [0.1, 0.15) is 46.1 Å². The van der Waals surface area contributed by atoms with Crippen LogP contribution in [0.3, 0.4) is 0 Å². The standard InChI is InChI=1S/C21H20N4O4S/c1-4-29-21(28)18-13(3)15(11-22)20(30-18)23-19(27)16-8-9-17(26)25(24-16)14-7-5-6-12(2)10-14/h5-7,10H,4,8-9H2,1-3H3,(H,23,27). The van der Waals surface area contributed by atoms with Crippen molar-refractivity contribution in [1.82, 2.24) is 0 Å². The van der Waals surface area contributed by atoms with E-state index in [0.717, 1.165) is 16.9 Å². The molecule has 154 valence electrons. The number of nitrogens with one attached hydrogen (secondary N) is 1. The first kappa shape index (κ1) is 21.2. The quantitative estimate of drug-likeness (QED) is 0.738. The molecule has 0 fully saturated rings. The predicted octanol–water partition coefficient (Wildman–Crippen LogP) is 3.53. The molecule has 1 N–H and O–H groups in total. The zero-order chi connectivity index (χ0) is 21.8. The number of rotatable bonds is 5. The topological polar surface area (TPSA) is 112 Å². The molecule has 0 aliphatic carbocycles.